The van der Waals surface area contributed by atoms with E-state index in [4.69, 9.17) is 0 Å². The number of hydrogen-bond donors (Lipinski definition) is 1. The van der Waals surface area contributed by atoms with E-state index in [0.29, 0.717) is 0 Å². The third-order valence-corrected chi connectivity index (χ3v) is 7.48. The number of carbonyl (C=O) groups is 1. The normalized spacial score (nSPS) is 15.9. The van der Waals surface area contributed by atoms with Crippen LogP contribution >= 0.6 is 11.3 Å². The van der Waals surface area contributed by atoms with Crippen molar-refractivity contribution in [3.05, 3.63) is 35.9 Å². The summed E-state index contributed by atoms with van der Waals surface area (Å²) in [4.78, 5) is 12.3. The molecule has 0 saturated heterocycles. The summed E-state index contributed by atoms with van der Waals surface area (Å²) in [6, 6.07) is 9.33. The smallest absolute Gasteiger partial charge is 0.272 e. The summed E-state index contributed by atoms with van der Waals surface area (Å²) in [5.74, 6) is -0.115. The Morgan fingerprint density at radius 3 is 2.58 bits per heavy atom. The lowest BCUT2D eigenvalue weighted by molar-refractivity contribution is -0.120. The maximum absolute atomic E-state index is 12.7. The lowest BCUT2D eigenvalue weighted by atomic mass is 9.89. The van der Waals surface area contributed by atoms with Gasteiger partial charge in [-0.05, 0) is 18.4 Å². The van der Waals surface area contributed by atoms with E-state index in [1.165, 1.54) is 17.8 Å². The van der Waals surface area contributed by atoms with Gasteiger partial charge in [-0.1, -0.05) is 60.9 Å². The number of nitrogens with one attached hydrogen (secondary N) is 1. The topological polar surface area (TPSA) is 92.3 Å². The molecule has 0 spiro atoms. The predicted molar refractivity (Wildman–Crippen MR) is 100 cm³/mol. The van der Waals surface area contributed by atoms with E-state index in [1.54, 1.807) is 0 Å². The minimum Gasteiger partial charge on any atom is -0.300 e. The third kappa shape index (κ3) is 4.46. The molecule has 0 unspecified atom stereocenters. The molecular formula is C17H22N4O3S2. The number of amides is 1. The molecule has 2 aromatic rings. The van der Waals surface area contributed by atoms with Crippen molar-refractivity contribution in [2.75, 3.05) is 12.4 Å². The van der Waals surface area contributed by atoms with Crippen LogP contribution in [0.15, 0.2) is 34.7 Å². The van der Waals surface area contributed by atoms with Crippen molar-refractivity contribution in [1.82, 2.24) is 14.5 Å². The van der Waals surface area contributed by atoms with Gasteiger partial charge in [0.15, 0.2) is 0 Å². The van der Waals surface area contributed by atoms with E-state index in [0.717, 1.165) is 42.6 Å². The second-order valence-corrected chi connectivity index (χ2v) is 9.64. The Bertz CT molecular complexity index is 846. The van der Waals surface area contributed by atoms with Gasteiger partial charge in [0.25, 0.3) is 10.0 Å². The van der Waals surface area contributed by atoms with E-state index in [9.17, 15) is 13.2 Å². The Labute approximate surface area is 157 Å². The van der Waals surface area contributed by atoms with Gasteiger partial charge in [-0.25, -0.2) is 8.42 Å². The summed E-state index contributed by atoms with van der Waals surface area (Å²) in [6.45, 7) is 0.243. The van der Waals surface area contributed by atoms with E-state index in [-0.39, 0.29) is 27.8 Å². The summed E-state index contributed by atoms with van der Waals surface area (Å²) in [5.41, 5.74) is 0.883. The molecule has 0 radical (unpaired) electrons. The number of aromatic nitrogens is 2. The molecule has 0 bridgehead atoms. The molecule has 9 heteroatoms. The fourth-order valence-electron chi connectivity index (χ4n) is 3.00. The van der Waals surface area contributed by atoms with E-state index in [2.05, 4.69) is 15.5 Å². The summed E-state index contributed by atoms with van der Waals surface area (Å²) in [7, 11) is -2.25. The van der Waals surface area contributed by atoms with Crippen LogP contribution in [0.4, 0.5) is 5.13 Å². The van der Waals surface area contributed by atoms with Gasteiger partial charge in [0.1, 0.15) is 0 Å². The van der Waals surface area contributed by atoms with Crippen LogP contribution < -0.4 is 5.32 Å². The van der Waals surface area contributed by atoms with Gasteiger partial charge < -0.3 is 5.32 Å². The van der Waals surface area contributed by atoms with Crippen LogP contribution in [0.1, 0.15) is 37.7 Å². The molecule has 1 aromatic heterocycles. The Morgan fingerprint density at radius 1 is 1.19 bits per heavy atom. The molecule has 1 aliphatic rings. The average molecular weight is 395 g/mol. The highest BCUT2D eigenvalue weighted by atomic mass is 32.2. The Kier molecular flexibility index (Phi) is 6.00. The molecule has 0 aliphatic heterocycles. The second-order valence-electron chi connectivity index (χ2n) is 6.44. The Morgan fingerprint density at radius 2 is 1.88 bits per heavy atom. The van der Waals surface area contributed by atoms with Crippen molar-refractivity contribution in [1.29, 1.82) is 0 Å². The standard InChI is InChI=1S/C17H22N4O3S2/c1-21(12-13-8-4-2-5-9-13)26(23,24)17-20-19-16(25-17)18-15(22)14-10-6-3-7-11-14/h2,4-5,8-9,14H,3,6-7,10-12H2,1H3,(H,18,19,22). The highest BCUT2D eigenvalue weighted by molar-refractivity contribution is 7.91. The lowest BCUT2D eigenvalue weighted by Crippen LogP contribution is -2.26. The van der Waals surface area contributed by atoms with Crippen LogP contribution in [0.25, 0.3) is 0 Å². The molecule has 1 amide bonds. The summed E-state index contributed by atoms with van der Waals surface area (Å²) < 4.78 is 26.4. The molecule has 7 nitrogen and oxygen atoms in total. The Balaban J connectivity index is 1.66. The molecule has 1 heterocycles. The van der Waals surface area contributed by atoms with Crippen LogP contribution in [0.3, 0.4) is 0 Å². The number of sulfonamides is 1. The van der Waals surface area contributed by atoms with Crippen molar-refractivity contribution in [2.45, 2.75) is 43.0 Å². The maximum Gasteiger partial charge on any atom is 0.272 e. The molecule has 1 fully saturated rings. The van der Waals surface area contributed by atoms with Crippen LogP contribution in [0.2, 0.25) is 0 Å². The molecule has 1 aromatic carbocycles. The van der Waals surface area contributed by atoms with Crippen molar-refractivity contribution < 1.29 is 13.2 Å². The SMILES string of the molecule is CN(Cc1ccccc1)S(=O)(=O)c1nnc(NC(=O)C2CCCCC2)s1. The maximum atomic E-state index is 12.7. The lowest BCUT2D eigenvalue weighted by Gasteiger charge is -2.19. The van der Waals surface area contributed by atoms with E-state index < -0.39 is 10.0 Å². The number of hydrogen-bond acceptors (Lipinski definition) is 6. The first-order valence-corrected chi connectivity index (χ1v) is 10.9. The van der Waals surface area contributed by atoms with Gasteiger partial charge in [-0.2, -0.15) is 4.31 Å². The molecular weight excluding hydrogens is 372 g/mol. The molecule has 1 saturated carbocycles. The number of benzene rings is 1. The third-order valence-electron chi connectivity index (χ3n) is 4.49. The summed E-state index contributed by atoms with van der Waals surface area (Å²) in [5, 5.41) is 10.6. The zero-order chi connectivity index (χ0) is 18.6. The first-order valence-electron chi connectivity index (χ1n) is 8.61. The van der Waals surface area contributed by atoms with Crippen LogP contribution in [-0.2, 0) is 21.4 Å². The van der Waals surface area contributed by atoms with Crippen LogP contribution in [0.5, 0.6) is 0 Å². The fraction of sp³-hybridized carbons (Fsp3) is 0.471. The van der Waals surface area contributed by atoms with Crippen molar-refractivity contribution >= 4 is 32.4 Å². The number of nitrogens with zero attached hydrogens (tertiary/aromatic N) is 3. The van der Waals surface area contributed by atoms with Gasteiger partial charge in [-0.15, -0.1) is 10.2 Å². The minimum absolute atomic E-state index is 0.0199. The Hall–Kier alpha value is -1.84. The van der Waals surface area contributed by atoms with Crippen molar-refractivity contribution in [3.63, 3.8) is 0 Å². The molecule has 3 rings (SSSR count). The number of carbonyl (C=O) groups excluding carboxylic acids is 1. The summed E-state index contributed by atoms with van der Waals surface area (Å²) >= 11 is 0.887. The van der Waals surface area contributed by atoms with E-state index >= 15 is 0 Å². The largest absolute Gasteiger partial charge is 0.300 e. The predicted octanol–water partition coefficient (Wildman–Crippen LogP) is 2.88. The van der Waals surface area contributed by atoms with Crippen molar-refractivity contribution in [2.24, 2.45) is 5.92 Å². The zero-order valence-corrected chi connectivity index (χ0v) is 16.2. The average Bonchev–Trinajstić information content (AvgIpc) is 3.12. The quantitative estimate of drug-likeness (QED) is 0.761. The van der Waals surface area contributed by atoms with Gasteiger partial charge >= 0.3 is 0 Å². The monoisotopic (exact) mass is 394 g/mol. The highest BCUT2D eigenvalue weighted by Crippen LogP contribution is 2.27. The first-order chi connectivity index (χ1) is 12.5. The molecule has 1 aliphatic carbocycles. The summed E-state index contributed by atoms with van der Waals surface area (Å²) in [6.07, 6.45) is 5.01. The van der Waals surface area contributed by atoms with Crippen molar-refractivity contribution in [3.8, 4) is 0 Å². The second kappa shape index (κ2) is 8.24. The van der Waals surface area contributed by atoms with Crippen LogP contribution in [0, 0.1) is 5.92 Å². The molecule has 140 valence electrons. The molecule has 26 heavy (non-hydrogen) atoms. The van der Waals surface area contributed by atoms with Crippen LogP contribution in [-0.4, -0.2) is 35.9 Å². The molecule has 1 N–H and O–H groups in total. The first kappa shape index (κ1) is 18.9. The molecule has 0 atom stereocenters. The zero-order valence-electron chi connectivity index (χ0n) is 14.6. The van der Waals surface area contributed by atoms with Gasteiger partial charge in [0.05, 0.1) is 0 Å². The van der Waals surface area contributed by atoms with E-state index in [1.807, 2.05) is 30.3 Å². The number of rotatable bonds is 6. The van der Waals surface area contributed by atoms with Gasteiger partial charge in [0, 0.05) is 19.5 Å². The minimum atomic E-state index is -3.75. The van der Waals surface area contributed by atoms with Gasteiger partial charge in [0.2, 0.25) is 15.4 Å². The fourth-order valence-corrected chi connectivity index (χ4v) is 5.25. The van der Waals surface area contributed by atoms with Gasteiger partial charge in [-0.3, -0.25) is 4.79 Å². The number of anilines is 1. The highest BCUT2D eigenvalue weighted by Gasteiger charge is 2.27.